The molecule has 0 radical (unpaired) electrons. The summed E-state index contributed by atoms with van der Waals surface area (Å²) < 4.78 is 5.75. The summed E-state index contributed by atoms with van der Waals surface area (Å²) >= 11 is 0. The van der Waals surface area contributed by atoms with Crippen LogP contribution >= 0.6 is 0 Å². The first kappa shape index (κ1) is 14.0. The van der Waals surface area contributed by atoms with E-state index >= 15 is 0 Å². The molecule has 1 heterocycles. The molecule has 0 bridgehead atoms. The molecule has 2 rings (SSSR count). The average Bonchev–Trinajstić information content (AvgIpc) is 2.30. The van der Waals surface area contributed by atoms with E-state index in [1.165, 1.54) is 6.42 Å². The zero-order valence-electron chi connectivity index (χ0n) is 12.0. The number of nitrogens with zero attached hydrogens (tertiary/aromatic N) is 1. The molecule has 2 aliphatic rings. The molecule has 0 aromatic rings. The third kappa shape index (κ3) is 3.55. The first-order valence-electron chi connectivity index (χ1n) is 7.49. The Kier molecular flexibility index (Phi) is 4.79. The summed E-state index contributed by atoms with van der Waals surface area (Å²) in [5, 5.41) is 0. The van der Waals surface area contributed by atoms with E-state index in [9.17, 15) is 4.79 Å². The molecule has 1 aliphatic carbocycles. The lowest BCUT2D eigenvalue weighted by Gasteiger charge is -2.38. The van der Waals surface area contributed by atoms with Gasteiger partial charge in [-0.2, -0.15) is 0 Å². The van der Waals surface area contributed by atoms with Crippen LogP contribution < -0.4 is 0 Å². The maximum Gasteiger partial charge on any atom is 0.137 e. The Morgan fingerprint density at radius 3 is 2.56 bits per heavy atom. The Bertz CT molecular complexity index is 282. The molecule has 3 nitrogen and oxygen atoms in total. The van der Waals surface area contributed by atoms with Gasteiger partial charge in [-0.1, -0.05) is 13.3 Å². The Morgan fingerprint density at radius 1 is 1.28 bits per heavy atom. The van der Waals surface area contributed by atoms with Gasteiger partial charge >= 0.3 is 0 Å². The number of Topliss-reactive ketones (excluding diaryl/α,β-unsaturated/α-hetero) is 1. The molecule has 4 atom stereocenters. The van der Waals surface area contributed by atoms with Gasteiger partial charge in [-0.05, 0) is 32.6 Å². The van der Waals surface area contributed by atoms with Gasteiger partial charge in [0, 0.05) is 32.0 Å². The number of hydrogen-bond donors (Lipinski definition) is 0. The van der Waals surface area contributed by atoms with Gasteiger partial charge in [0.05, 0.1) is 12.2 Å². The molecule has 1 saturated carbocycles. The molecular formula is C15H27NO2. The molecule has 0 aromatic carbocycles. The van der Waals surface area contributed by atoms with Crippen molar-refractivity contribution in [3.63, 3.8) is 0 Å². The lowest BCUT2D eigenvalue weighted by Crippen LogP contribution is -2.48. The first-order chi connectivity index (χ1) is 8.58. The fourth-order valence-corrected chi connectivity index (χ4v) is 3.49. The Hall–Kier alpha value is -0.410. The number of carbonyl (C=O) groups excluding carboxylic acids is 1. The molecule has 18 heavy (non-hydrogen) atoms. The summed E-state index contributed by atoms with van der Waals surface area (Å²) in [6, 6.07) is 0. The van der Waals surface area contributed by atoms with Crippen molar-refractivity contribution in [1.82, 2.24) is 4.90 Å². The predicted molar refractivity (Wildman–Crippen MR) is 72.6 cm³/mol. The van der Waals surface area contributed by atoms with E-state index in [-0.39, 0.29) is 5.92 Å². The number of ether oxygens (including phenoxy) is 1. The number of rotatable bonds is 3. The Labute approximate surface area is 111 Å². The second-order valence-corrected chi connectivity index (χ2v) is 6.19. The second-order valence-electron chi connectivity index (χ2n) is 6.19. The van der Waals surface area contributed by atoms with Crippen molar-refractivity contribution in [2.24, 2.45) is 11.8 Å². The second kappa shape index (κ2) is 6.16. The summed E-state index contributed by atoms with van der Waals surface area (Å²) in [4.78, 5) is 14.5. The number of hydrogen-bond acceptors (Lipinski definition) is 3. The topological polar surface area (TPSA) is 29.5 Å². The third-order valence-electron chi connectivity index (χ3n) is 4.42. The van der Waals surface area contributed by atoms with Gasteiger partial charge in [0.2, 0.25) is 0 Å². The van der Waals surface area contributed by atoms with Crippen molar-refractivity contribution in [2.45, 2.75) is 58.7 Å². The van der Waals surface area contributed by atoms with Crippen molar-refractivity contribution in [3.8, 4) is 0 Å². The smallest absolute Gasteiger partial charge is 0.137 e. The highest BCUT2D eigenvalue weighted by Crippen LogP contribution is 2.29. The van der Waals surface area contributed by atoms with Crippen LogP contribution in [0.1, 0.15) is 46.5 Å². The quantitative estimate of drug-likeness (QED) is 0.774. The molecule has 2 fully saturated rings. The molecule has 104 valence electrons. The maximum absolute atomic E-state index is 12.0. The lowest BCUT2D eigenvalue weighted by molar-refractivity contribution is -0.128. The summed E-state index contributed by atoms with van der Waals surface area (Å²) in [6.07, 6.45) is 4.85. The number of ketones is 1. The van der Waals surface area contributed by atoms with Crippen LogP contribution in [0.4, 0.5) is 0 Å². The minimum absolute atomic E-state index is 0.279. The van der Waals surface area contributed by atoms with Crippen LogP contribution in [0.25, 0.3) is 0 Å². The SMILES string of the molecule is CCC1CCC(=O)C(CN2C[C@@H](C)O[C@@H](C)C2)C1. The summed E-state index contributed by atoms with van der Waals surface area (Å²) in [6.45, 7) is 9.40. The first-order valence-corrected chi connectivity index (χ1v) is 7.49. The zero-order valence-corrected chi connectivity index (χ0v) is 12.0. The number of morpholine rings is 1. The average molecular weight is 253 g/mol. The highest BCUT2D eigenvalue weighted by atomic mass is 16.5. The van der Waals surface area contributed by atoms with Crippen molar-refractivity contribution < 1.29 is 9.53 Å². The fourth-order valence-electron chi connectivity index (χ4n) is 3.49. The summed E-state index contributed by atoms with van der Waals surface area (Å²) in [5.41, 5.74) is 0. The molecule has 1 aliphatic heterocycles. The van der Waals surface area contributed by atoms with Gasteiger partial charge in [0.15, 0.2) is 0 Å². The van der Waals surface area contributed by atoms with Crippen LogP contribution in [0.5, 0.6) is 0 Å². The van der Waals surface area contributed by atoms with Crippen LogP contribution in [-0.4, -0.2) is 42.5 Å². The van der Waals surface area contributed by atoms with E-state index in [0.717, 1.165) is 44.8 Å². The Morgan fingerprint density at radius 2 is 1.94 bits per heavy atom. The van der Waals surface area contributed by atoms with Crippen molar-refractivity contribution in [1.29, 1.82) is 0 Å². The van der Waals surface area contributed by atoms with Gasteiger partial charge in [-0.25, -0.2) is 0 Å². The van der Waals surface area contributed by atoms with E-state index < -0.39 is 0 Å². The van der Waals surface area contributed by atoms with Gasteiger partial charge in [-0.15, -0.1) is 0 Å². The maximum atomic E-state index is 12.0. The molecule has 2 unspecified atom stereocenters. The Balaban J connectivity index is 1.88. The van der Waals surface area contributed by atoms with Crippen molar-refractivity contribution in [3.05, 3.63) is 0 Å². The standard InChI is InChI=1S/C15H27NO2/c1-4-13-5-6-15(17)14(7-13)10-16-8-11(2)18-12(3)9-16/h11-14H,4-10H2,1-3H3/t11-,12+,13?,14?. The molecule has 1 saturated heterocycles. The molecule has 0 amide bonds. The summed E-state index contributed by atoms with van der Waals surface area (Å²) in [7, 11) is 0. The van der Waals surface area contributed by atoms with Crippen LogP contribution in [0, 0.1) is 11.8 Å². The van der Waals surface area contributed by atoms with Crippen LogP contribution in [0.15, 0.2) is 0 Å². The lowest BCUT2D eigenvalue weighted by atomic mass is 9.79. The van der Waals surface area contributed by atoms with E-state index in [1.54, 1.807) is 0 Å². The molecule has 3 heteroatoms. The summed E-state index contributed by atoms with van der Waals surface area (Å²) in [5.74, 6) is 1.54. The molecule has 0 N–H and O–H groups in total. The fraction of sp³-hybridized carbons (Fsp3) is 0.933. The highest BCUT2D eigenvalue weighted by molar-refractivity contribution is 5.81. The molecular weight excluding hydrogens is 226 g/mol. The minimum atomic E-state index is 0.279. The van der Waals surface area contributed by atoms with E-state index in [2.05, 4.69) is 25.7 Å². The van der Waals surface area contributed by atoms with Crippen LogP contribution in [0.3, 0.4) is 0 Å². The largest absolute Gasteiger partial charge is 0.373 e. The van der Waals surface area contributed by atoms with Crippen LogP contribution in [-0.2, 0) is 9.53 Å². The number of carbonyl (C=O) groups is 1. The monoisotopic (exact) mass is 253 g/mol. The van der Waals surface area contributed by atoms with Gasteiger partial charge in [-0.3, -0.25) is 9.69 Å². The van der Waals surface area contributed by atoms with Crippen LogP contribution in [0.2, 0.25) is 0 Å². The normalized spacial score (nSPS) is 38.9. The van der Waals surface area contributed by atoms with Crippen molar-refractivity contribution >= 4 is 5.78 Å². The molecule has 0 spiro atoms. The molecule has 0 aromatic heterocycles. The van der Waals surface area contributed by atoms with E-state index in [4.69, 9.17) is 4.74 Å². The van der Waals surface area contributed by atoms with E-state index in [1.807, 2.05) is 0 Å². The van der Waals surface area contributed by atoms with Gasteiger partial charge < -0.3 is 4.74 Å². The minimum Gasteiger partial charge on any atom is -0.373 e. The van der Waals surface area contributed by atoms with Gasteiger partial charge in [0.1, 0.15) is 5.78 Å². The third-order valence-corrected chi connectivity index (χ3v) is 4.42. The van der Waals surface area contributed by atoms with Crippen molar-refractivity contribution in [2.75, 3.05) is 19.6 Å². The predicted octanol–water partition coefficient (Wildman–Crippen LogP) is 2.49. The zero-order chi connectivity index (χ0) is 13.1. The van der Waals surface area contributed by atoms with Gasteiger partial charge in [0.25, 0.3) is 0 Å². The van der Waals surface area contributed by atoms with E-state index in [0.29, 0.717) is 18.0 Å². The highest BCUT2D eigenvalue weighted by Gasteiger charge is 2.31.